The third-order valence-electron chi connectivity index (χ3n) is 5.08. The average Bonchev–Trinajstić information content (AvgIpc) is 2.91. The van der Waals surface area contributed by atoms with Crippen LogP contribution in [-0.2, 0) is 9.53 Å². The molecule has 0 heterocycles. The smallest absolute Gasteiger partial charge is 0.262 e. The zero-order valence-electron chi connectivity index (χ0n) is 16.9. The molecular formula is C20H31ClFN3O2S. The van der Waals surface area contributed by atoms with E-state index in [-0.39, 0.29) is 5.91 Å². The molecule has 1 aromatic rings. The first-order valence-corrected chi connectivity index (χ1v) is 11.0. The summed E-state index contributed by atoms with van der Waals surface area (Å²) in [6.45, 7) is 1.54. The molecule has 0 unspecified atom stereocenters. The molecule has 1 aromatic carbocycles. The molecule has 0 aromatic heterocycles. The maximum Gasteiger partial charge on any atom is 0.262 e. The van der Waals surface area contributed by atoms with Crippen molar-refractivity contribution in [1.29, 1.82) is 0 Å². The number of ether oxygens (including phenoxy) is 1. The topological polar surface area (TPSA) is 53.6 Å². The van der Waals surface area contributed by atoms with Crippen LogP contribution in [0, 0.1) is 5.82 Å². The van der Waals surface area contributed by atoms with Crippen LogP contribution in [0.15, 0.2) is 17.0 Å². The van der Waals surface area contributed by atoms with E-state index in [0.717, 1.165) is 50.6 Å². The van der Waals surface area contributed by atoms with Crippen LogP contribution in [0.3, 0.4) is 0 Å². The van der Waals surface area contributed by atoms with Crippen molar-refractivity contribution in [2.45, 2.75) is 55.4 Å². The largest absolute Gasteiger partial charge is 0.381 e. The van der Waals surface area contributed by atoms with Crippen LogP contribution in [0.1, 0.15) is 44.9 Å². The molecule has 2 N–H and O–H groups in total. The van der Waals surface area contributed by atoms with Crippen molar-refractivity contribution in [2.24, 2.45) is 0 Å². The fourth-order valence-corrected chi connectivity index (χ4v) is 4.48. The highest BCUT2D eigenvalue weighted by molar-refractivity contribution is 7.98. The quantitative estimate of drug-likeness (QED) is 0.337. The highest BCUT2D eigenvalue weighted by Crippen LogP contribution is 2.33. The predicted molar refractivity (Wildman–Crippen MR) is 115 cm³/mol. The van der Waals surface area contributed by atoms with Gasteiger partial charge in [0.25, 0.3) is 5.91 Å². The Hall–Kier alpha value is -1.02. The Labute approximate surface area is 176 Å². The van der Waals surface area contributed by atoms with E-state index in [9.17, 15) is 9.18 Å². The van der Waals surface area contributed by atoms with Crippen LogP contribution in [0.2, 0.25) is 5.02 Å². The second-order valence-corrected chi connectivity index (χ2v) is 8.78. The van der Waals surface area contributed by atoms with E-state index in [0.29, 0.717) is 35.0 Å². The van der Waals surface area contributed by atoms with Gasteiger partial charge in [0.1, 0.15) is 11.4 Å². The molecule has 5 nitrogen and oxygen atoms in total. The summed E-state index contributed by atoms with van der Waals surface area (Å²) in [7, 11) is 5.58. The zero-order valence-corrected chi connectivity index (χ0v) is 18.5. The number of carbonyl (C=O) groups is 1. The molecule has 28 heavy (non-hydrogen) atoms. The standard InChI is InChI=1S/C20H31ClFN3O2S/c1-25(2)12-8-11-23-18-16(21)13-15(14-17(18)22)28-24-19(26)20(27-3)9-6-4-5-7-10-20/h13-14,23H,4-12H2,1-3H3,(H,24,26). The molecule has 158 valence electrons. The predicted octanol–water partition coefficient (Wildman–Crippen LogP) is 4.71. The maximum atomic E-state index is 14.5. The lowest BCUT2D eigenvalue weighted by Crippen LogP contribution is -2.45. The number of halogens is 2. The third kappa shape index (κ3) is 6.51. The summed E-state index contributed by atoms with van der Waals surface area (Å²) in [5.74, 6) is -0.589. The molecule has 0 spiro atoms. The van der Waals surface area contributed by atoms with Gasteiger partial charge in [-0.1, -0.05) is 37.3 Å². The fourth-order valence-electron chi connectivity index (χ4n) is 3.41. The Kier molecular flexibility index (Phi) is 9.34. The summed E-state index contributed by atoms with van der Waals surface area (Å²) in [4.78, 5) is 15.4. The lowest BCUT2D eigenvalue weighted by atomic mass is 9.93. The van der Waals surface area contributed by atoms with Crippen molar-refractivity contribution >= 4 is 35.1 Å². The molecular weight excluding hydrogens is 401 g/mol. The Morgan fingerprint density at radius 1 is 1.29 bits per heavy atom. The Balaban J connectivity index is 1.95. The number of benzene rings is 1. The summed E-state index contributed by atoms with van der Waals surface area (Å²) >= 11 is 7.33. The number of methoxy groups -OCH3 is 1. The second-order valence-electron chi connectivity index (χ2n) is 7.49. The number of anilines is 1. The molecule has 0 radical (unpaired) electrons. The van der Waals surface area contributed by atoms with Crippen molar-refractivity contribution in [3.05, 3.63) is 23.0 Å². The van der Waals surface area contributed by atoms with Gasteiger partial charge in [-0.05, 0) is 64.0 Å². The zero-order chi connectivity index (χ0) is 20.6. The SMILES string of the molecule is COC1(C(=O)NSc2cc(F)c(NCCCN(C)C)c(Cl)c2)CCCCCC1. The van der Waals surface area contributed by atoms with Gasteiger partial charge in [-0.3, -0.25) is 9.52 Å². The van der Waals surface area contributed by atoms with Crippen LogP contribution in [0.5, 0.6) is 0 Å². The van der Waals surface area contributed by atoms with Crippen LogP contribution < -0.4 is 10.0 Å². The molecule has 0 aliphatic heterocycles. The van der Waals surface area contributed by atoms with Crippen molar-refractivity contribution in [1.82, 2.24) is 9.62 Å². The lowest BCUT2D eigenvalue weighted by molar-refractivity contribution is -0.143. The Morgan fingerprint density at radius 3 is 2.54 bits per heavy atom. The Morgan fingerprint density at radius 2 is 1.96 bits per heavy atom. The van der Waals surface area contributed by atoms with Crippen molar-refractivity contribution in [3.8, 4) is 0 Å². The van der Waals surface area contributed by atoms with Gasteiger partial charge >= 0.3 is 0 Å². The highest BCUT2D eigenvalue weighted by Gasteiger charge is 2.38. The average molecular weight is 432 g/mol. The summed E-state index contributed by atoms with van der Waals surface area (Å²) in [5, 5.41) is 3.36. The van der Waals surface area contributed by atoms with Gasteiger partial charge in [0, 0.05) is 18.6 Å². The third-order valence-corrected chi connectivity index (χ3v) is 6.13. The molecule has 0 atom stereocenters. The van der Waals surface area contributed by atoms with Gasteiger partial charge in [-0.2, -0.15) is 0 Å². The van der Waals surface area contributed by atoms with Crippen LogP contribution in [-0.4, -0.2) is 50.7 Å². The van der Waals surface area contributed by atoms with E-state index in [2.05, 4.69) is 14.9 Å². The van der Waals surface area contributed by atoms with E-state index in [4.69, 9.17) is 16.3 Å². The van der Waals surface area contributed by atoms with Gasteiger partial charge in [0.05, 0.1) is 10.7 Å². The lowest BCUT2D eigenvalue weighted by Gasteiger charge is -2.29. The maximum absolute atomic E-state index is 14.5. The van der Waals surface area contributed by atoms with Crippen molar-refractivity contribution in [2.75, 3.05) is 39.6 Å². The van der Waals surface area contributed by atoms with Gasteiger partial charge in [0.2, 0.25) is 0 Å². The van der Waals surface area contributed by atoms with Crippen LogP contribution >= 0.6 is 23.5 Å². The van der Waals surface area contributed by atoms with Gasteiger partial charge in [-0.15, -0.1) is 0 Å². The number of rotatable bonds is 9. The summed E-state index contributed by atoms with van der Waals surface area (Å²) < 4.78 is 22.9. The summed E-state index contributed by atoms with van der Waals surface area (Å²) in [5.41, 5.74) is -0.493. The number of amides is 1. The minimum atomic E-state index is -0.792. The van der Waals surface area contributed by atoms with Gasteiger partial charge in [-0.25, -0.2) is 4.39 Å². The van der Waals surface area contributed by atoms with Crippen LogP contribution in [0.4, 0.5) is 10.1 Å². The number of nitrogens with one attached hydrogen (secondary N) is 2. The van der Waals surface area contributed by atoms with E-state index < -0.39 is 11.4 Å². The minimum Gasteiger partial charge on any atom is -0.381 e. The number of hydrogen-bond donors (Lipinski definition) is 2. The first kappa shape index (κ1) is 23.3. The molecule has 1 aliphatic rings. The number of carbonyl (C=O) groups excluding carboxylic acids is 1. The van der Waals surface area contributed by atoms with Gasteiger partial charge in [0.15, 0.2) is 0 Å². The number of nitrogens with zero attached hydrogens (tertiary/aromatic N) is 1. The second kappa shape index (κ2) is 11.2. The molecule has 1 saturated carbocycles. The summed E-state index contributed by atoms with van der Waals surface area (Å²) in [6.07, 6.45) is 6.49. The Bertz CT molecular complexity index is 629. The molecule has 1 aliphatic carbocycles. The molecule has 1 fully saturated rings. The van der Waals surface area contributed by atoms with E-state index in [1.807, 2.05) is 14.1 Å². The van der Waals surface area contributed by atoms with Crippen LogP contribution in [0.25, 0.3) is 0 Å². The molecule has 1 amide bonds. The van der Waals surface area contributed by atoms with Crippen molar-refractivity contribution in [3.63, 3.8) is 0 Å². The number of hydrogen-bond acceptors (Lipinski definition) is 5. The molecule has 2 rings (SSSR count). The monoisotopic (exact) mass is 431 g/mol. The van der Waals surface area contributed by atoms with E-state index in [1.54, 1.807) is 13.2 Å². The molecule has 0 saturated heterocycles. The molecule has 8 heteroatoms. The highest BCUT2D eigenvalue weighted by atomic mass is 35.5. The normalized spacial score (nSPS) is 16.6. The van der Waals surface area contributed by atoms with E-state index in [1.165, 1.54) is 6.07 Å². The summed E-state index contributed by atoms with van der Waals surface area (Å²) in [6, 6.07) is 3.05. The molecule has 0 bridgehead atoms. The van der Waals surface area contributed by atoms with Gasteiger partial charge < -0.3 is 15.0 Å². The minimum absolute atomic E-state index is 0.163. The van der Waals surface area contributed by atoms with Crippen molar-refractivity contribution < 1.29 is 13.9 Å². The van der Waals surface area contributed by atoms with E-state index >= 15 is 0 Å². The first-order chi connectivity index (χ1) is 13.4. The first-order valence-electron chi connectivity index (χ1n) is 9.78. The fraction of sp³-hybridized carbons (Fsp3) is 0.650.